The first-order valence-corrected chi connectivity index (χ1v) is 7.69. The molecular weight excluding hydrogens is 324 g/mol. The average Bonchev–Trinajstić information content (AvgIpc) is 2.39. The largest absolute Gasteiger partial charge is 0.392 e. The number of aliphatic hydroxyl groups excluding tert-OH is 1. The van der Waals surface area contributed by atoms with E-state index in [4.69, 9.17) is 5.73 Å². The topological polar surface area (TPSA) is 59.1 Å². The maximum Gasteiger partial charge on any atom is 0.126 e. The van der Waals surface area contributed by atoms with Gasteiger partial charge in [-0.15, -0.1) is 11.8 Å². The molecule has 0 aliphatic heterocycles. The molecule has 0 radical (unpaired) electrons. The fraction of sp³-hybridized carbons (Fsp3) is 0.214. The second-order valence-electron chi connectivity index (χ2n) is 4.17. The summed E-state index contributed by atoms with van der Waals surface area (Å²) in [7, 11) is 0. The molecule has 0 bridgehead atoms. The first kappa shape index (κ1) is 14.4. The molecule has 1 unspecified atom stereocenters. The molecule has 0 fully saturated rings. The third-order valence-corrected chi connectivity index (χ3v) is 4.25. The van der Waals surface area contributed by atoms with Crippen molar-refractivity contribution in [2.24, 2.45) is 0 Å². The molecule has 3 N–H and O–H groups in total. The van der Waals surface area contributed by atoms with Crippen LogP contribution in [-0.4, -0.2) is 21.9 Å². The minimum Gasteiger partial charge on any atom is -0.392 e. The van der Waals surface area contributed by atoms with Gasteiger partial charge in [0.15, 0.2) is 0 Å². The van der Waals surface area contributed by atoms with Gasteiger partial charge in [0.1, 0.15) is 5.82 Å². The highest BCUT2D eigenvalue weighted by molar-refractivity contribution is 9.10. The van der Waals surface area contributed by atoms with Gasteiger partial charge in [0.25, 0.3) is 0 Å². The number of hydrogen-bond acceptors (Lipinski definition) is 4. The average molecular weight is 339 g/mol. The van der Waals surface area contributed by atoms with Crippen LogP contribution < -0.4 is 5.73 Å². The van der Waals surface area contributed by atoms with Gasteiger partial charge >= 0.3 is 0 Å². The minimum absolute atomic E-state index is 0.435. The number of benzene rings is 1. The Morgan fingerprint density at radius 3 is 2.89 bits per heavy atom. The fourth-order valence-corrected chi connectivity index (χ4v) is 3.12. The minimum atomic E-state index is -0.435. The van der Waals surface area contributed by atoms with Crippen LogP contribution in [0.3, 0.4) is 0 Å². The van der Waals surface area contributed by atoms with Crippen LogP contribution >= 0.6 is 27.7 Å². The molecule has 1 atom stereocenters. The van der Waals surface area contributed by atoms with Gasteiger partial charge in [-0.05, 0) is 29.8 Å². The molecule has 3 nitrogen and oxygen atoms in total. The lowest BCUT2D eigenvalue weighted by molar-refractivity contribution is 0.200. The maximum absolute atomic E-state index is 10.0. The third-order valence-electron chi connectivity index (χ3n) is 2.62. The Labute approximate surface area is 125 Å². The van der Waals surface area contributed by atoms with Crippen LogP contribution in [0.25, 0.3) is 0 Å². The number of nitrogen functional groups attached to an aromatic ring is 1. The van der Waals surface area contributed by atoms with Gasteiger partial charge in [0.05, 0.1) is 6.10 Å². The van der Waals surface area contributed by atoms with Crippen molar-refractivity contribution in [1.82, 2.24) is 4.98 Å². The van der Waals surface area contributed by atoms with Gasteiger partial charge < -0.3 is 10.8 Å². The number of hydrogen-bond donors (Lipinski definition) is 2. The molecule has 0 aliphatic carbocycles. The first-order chi connectivity index (χ1) is 9.15. The molecule has 2 rings (SSSR count). The normalized spacial score (nSPS) is 12.3. The Morgan fingerprint density at radius 2 is 2.16 bits per heavy atom. The van der Waals surface area contributed by atoms with Crippen molar-refractivity contribution in [2.75, 3.05) is 11.5 Å². The summed E-state index contributed by atoms with van der Waals surface area (Å²) in [5.74, 6) is 1.12. The van der Waals surface area contributed by atoms with E-state index >= 15 is 0 Å². The number of aliphatic hydroxyl groups is 1. The van der Waals surface area contributed by atoms with E-state index in [1.54, 1.807) is 18.0 Å². The number of pyridine rings is 1. The fourth-order valence-electron chi connectivity index (χ4n) is 1.69. The molecule has 1 heterocycles. The van der Waals surface area contributed by atoms with Crippen molar-refractivity contribution in [1.29, 1.82) is 0 Å². The summed E-state index contributed by atoms with van der Waals surface area (Å²) in [5.41, 5.74) is 6.65. The van der Waals surface area contributed by atoms with E-state index in [-0.39, 0.29) is 0 Å². The monoisotopic (exact) mass is 338 g/mol. The van der Waals surface area contributed by atoms with E-state index < -0.39 is 6.10 Å². The Hall–Kier alpha value is -1.04. The summed E-state index contributed by atoms with van der Waals surface area (Å²) in [4.78, 5) is 5.15. The number of anilines is 1. The van der Waals surface area contributed by atoms with Crippen molar-refractivity contribution in [3.8, 4) is 0 Å². The molecule has 1 aromatic heterocycles. The molecule has 1 aromatic carbocycles. The predicted molar refractivity (Wildman–Crippen MR) is 83.2 cm³/mol. The number of thioether (sulfide) groups is 1. The van der Waals surface area contributed by atoms with E-state index in [9.17, 15) is 5.11 Å². The molecule has 100 valence electrons. The summed E-state index contributed by atoms with van der Waals surface area (Å²) in [5, 5.41) is 10.0. The highest BCUT2D eigenvalue weighted by Crippen LogP contribution is 2.23. The van der Waals surface area contributed by atoms with E-state index in [1.165, 1.54) is 0 Å². The Kier molecular flexibility index (Phi) is 5.24. The van der Waals surface area contributed by atoms with Crippen LogP contribution in [0.4, 0.5) is 5.82 Å². The van der Waals surface area contributed by atoms with Crippen LogP contribution in [0.15, 0.2) is 52.0 Å². The first-order valence-electron chi connectivity index (χ1n) is 5.91. The van der Waals surface area contributed by atoms with Gasteiger partial charge in [-0.1, -0.05) is 28.1 Å². The van der Waals surface area contributed by atoms with E-state index in [0.717, 1.165) is 14.9 Å². The zero-order valence-corrected chi connectivity index (χ0v) is 12.7. The van der Waals surface area contributed by atoms with Crippen molar-refractivity contribution in [3.63, 3.8) is 0 Å². The maximum atomic E-state index is 10.0. The lowest BCUT2D eigenvalue weighted by atomic mass is 10.1. The lowest BCUT2D eigenvalue weighted by Gasteiger charge is -2.11. The zero-order chi connectivity index (χ0) is 13.7. The number of rotatable bonds is 5. The van der Waals surface area contributed by atoms with Crippen molar-refractivity contribution in [2.45, 2.75) is 17.4 Å². The number of nitrogens with zero attached hydrogens (tertiary/aromatic N) is 1. The Balaban J connectivity index is 1.88. The van der Waals surface area contributed by atoms with Crippen LogP contribution in [0.2, 0.25) is 0 Å². The second kappa shape index (κ2) is 6.93. The number of aromatic nitrogens is 1. The van der Waals surface area contributed by atoms with Gasteiger partial charge in [-0.2, -0.15) is 0 Å². The molecule has 2 aromatic rings. The molecular formula is C14H15BrN2OS. The van der Waals surface area contributed by atoms with Crippen LogP contribution in [0, 0.1) is 0 Å². The smallest absolute Gasteiger partial charge is 0.126 e. The van der Waals surface area contributed by atoms with Gasteiger partial charge in [0.2, 0.25) is 0 Å². The standard InChI is InChI=1S/C14H15BrN2OS/c15-11-4-1-5-13(8-11)19-9-12(18)7-10-3-2-6-17-14(10)16/h1-6,8,12,18H,7,9H2,(H2,16,17). The molecule has 0 aliphatic rings. The third kappa shape index (κ3) is 4.53. The summed E-state index contributed by atoms with van der Waals surface area (Å²) >= 11 is 5.06. The number of nitrogens with two attached hydrogens (primary N) is 1. The second-order valence-corrected chi connectivity index (χ2v) is 6.18. The van der Waals surface area contributed by atoms with Crippen LogP contribution in [-0.2, 0) is 6.42 Å². The van der Waals surface area contributed by atoms with E-state index in [1.807, 2.05) is 36.4 Å². The van der Waals surface area contributed by atoms with E-state index in [2.05, 4.69) is 20.9 Å². The zero-order valence-electron chi connectivity index (χ0n) is 10.3. The van der Waals surface area contributed by atoms with Gasteiger partial charge in [-0.25, -0.2) is 4.98 Å². The SMILES string of the molecule is Nc1ncccc1CC(O)CSc1cccc(Br)c1. The summed E-state index contributed by atoms with van der Waals surface area (Å²) in [6, 6.07) is 11.8. The highest BCUT2D eigenvalue weighted by atomic mass is 79.9. The van der Waals surface area contributed by atoms with Crippen LogP contribution in [0.5, 0.6) is 0 Å². The molecule has 5 heteroatoms. The predicted octanol–water partition coefficient (Wildman–Crippen LogP) is 3.12. The Bertz CT molecular complexity index is 550. The highest BCUT2D eigenvalue weighted by Gasteiger charge is 2.09. The summed E-state index contributed by atoms with van der Waals surface area (Å²) < 4.78 is 1.04. The molecule has 19 heavy (non-hydrogen) atoms. The van der Waals surface area contributed by atoms with Gasteiger partial charge in [0, 0.05) is 27.7 Å². The molecule has 0 saturated carbocycles. The van der Waals surface area contributed by atoms with Crippen LogP contribution in [0.1, 0.15) is 5.56 Å². The van der Waals surface area contributed by atoms with E-state index in [0.29, 0.717) is 18.0 Å². The van der Waals surface area contributed by atoms with Crippen molar-refractivity contribution in [3.05, 3.63) is 52.6 Å². The quantitative estimate of drug-likeness (QED) is 0.822. The molecule has 0 spiro atoms. The molecule has 0 saturated heterocycles. The summed E-state index contributed by atoms with van der Waals surface area (Å²) in [6.07, 6.45) is 1.75. The van der Waals surface area contributed by atoms with Crippen molar-refractivity contribution < 1.29 is 5.11 Å². The Morgan fingerprint density at radius 1 is 1.32 bits per heavy atom. The lowest BCUT2D eigenvalue weighted by Crippen LogP contribution is -2.15. The van der Waals surface area contributed by atoms with Gasteiger partial charge in [-0.3, -0.25) is 0 Å². The summed E-state index contributed by atoms with van der Waals surface area (Å²) in [6.45, 7) is 0. The number of halogens is 1. The van der Waals surface area contributed by atoms with Crippen molar-refractivity contribution >= 4 is 33.5 Å². The molecule has 0 amide bonds.